The Bertz CT molecular complexity index is 1120. The van der Waals surface area contributed by atoms with Crippen LogP contribution in [0.25, 0.3) is 10.9 Å². The van der Waals surface area contributed by atoms with Crippen molar-refractivity contribution in [2.75, 3.05) is 5.75 Å². The smallest absolute Gasteiger partial charge is 0.261 e. The van der Waals surface area contributed by atoms with Crippen LogP contribution < -0.4 is 10.9 Å². The Balaban J connectivity index is 1.46. The van der Waals surface area contributed by atoms with Crippen LogP contribution in [0.2, 0.25) is 0 Å². The van der Waals surface area contributed by atoms with E-state index in [1.165, 1.54) is 28.7 Å². The van der Waals surface area contributed by atoms with Gasteiger partial charge < -0.3 is 5.32 Å². The molecule has 4 rings (SSSR count). The largest absolute Gasteiger partial charge is 0.349 e. The van der Waals surface area contributed by atoms with E-state index in [9.17, 15) is 14.0 Å². The van der Waals surface area contributed by atoms with Gasteiger partial charge in [-0.2, -0.15) is 0 Å². The minimum Gasteiger partial charge on any atom is -0.349 e. The molecule has 0 saturated carbocycles. The van der Waals surface area contributed by atoms with Gasteiger partial charge in [0.2, 0.25) is 5.91 Å². The number of thioether (sulfide) groups is 1. The van der Waals surface area contributed by atoms with Crippen LogP contribution in [0.5, 0.6) is 0 Å². The van der Waals surface area contributed by atoms with Gasteiger partial charge in [-0.3, -0.25) is 14.2 Å². The minimum absolute atomic E-state index is 0.148. The van der Waals surface area contributed by atoms with E-state index >= 15 is 0 Å². The van der Waals surface area contributed by atoms with E-state index in [2.05, 4.69) is 26.2 Å². The quantitative estimate of drug-likeness (QED) is 0.636. The monoisotopic (exact) mass is 461 g/mol. The number of rotatable bonds is 4. The number of carbonyl (C=O) groups excluding carboxylic acids is 1. The second-order valence-electron chi connectivity index (χ2n) is 6.57. The molecule has 0 radical (unpaired) electrons. The second kappa shape index (κ2) is 8.05. The van der Waals surface area contributed by atoms with Gasteiger partial charge in [0.05, 0.1) is 23.3 Å². The summed E-state index contributed by atoms with van der Waals surface area (Å²) in [6, 6.07) is 10.1. The van der Waals surface area contributed by atoms with Crippen LogP contribution in [0.4, 0.5) is 4.39 Å². The Hall–Kier alpha value is -2.19. The molecule has 1 N–H and O–H groups in total. The van der Waals surface area contributed by atoms with E-state index in [1.807, 2.05) is 12.1 Å². The van der Waals surface area contributed by atoms with Crippen LogP contribution in [0.3, 0.4) is 0 Å². The molecular formula is C20H17BrFN3O2S. The fraction of sp³-hybridized carbons (Fsp3) is 0.250. The Morgan fingerprint density at radius 3 is 3.07 bits per heavy atom. The van der Waals surface area contributed by atoms with Gasteiger partial charge in [-0.05, 0) is 36.2 Å². The number of fused-ring (bicyclic) bond motifs is 2. The molecule has 144 valence electrons. The van der Waals surface area contributed by atoms with Crippen molar-refractivity contribution < 1.29 is 9.18 Å². The van der Waals surface area contributed by atoms with Gasteiger partial charge in [-0.25, -0.2) is 9.37 Å². The molecule has 1 aliphatic heterocycles. The van der Waals surface area contributed by atoms with Crippen LogP contribution in [0.1, 0.15) is 24.4 Å². The summed E-state index contributed by atoms with van der Waals surface area (Å²) in [5, 5.41) is 3.48. The summed E-state index contributed by atoms with van der Waals surface area (Å²) < 4.78 is 16.2. The van der Waals surface area contributed by atoms with Gasteiger partial charge in [-0.15, -0.1) is 11.8 Å². The standard InChI is InChI=1S/C20H17BrFN3O2S/c21-12-4-5-16-14(10-12)20(27)25(11-23-16)8-6-18(26)24-17-7-9-28-19-13(17)2-1-3-15(19)22/h1-5,10-11,17H,6-9H2,(H,24,26). The predicted octanol–water partition coefficient (Wildman–Crippen LogP) is 4.04. The summed E-state index contributed by atoms with van der Waals surface area (Å²) in [5.41, 5.74) is 1.26. The number of halogens is 2. The van der Waals surface area contributed by atoms with Crippen LogP contribution in [-0.4, -0.2) is 21.2 Å². The average molecular weight is 462 g/mol. The maximum atomic E-state index is 14.0. The Morgan fingerprint density at radius 2 is 2.21 bits per heavy atom. The van der Waals surface area contributed by atoms with Crippen molar-refractivity contribution >= 4 is 44.5 Å². The minimum atomic E-state index is -0.249. The molecule has 28 heavy (non-hydrogen) atoms. The lowest BCUT2D eigenvalue weighted by Gasteiger charge is -2.26. The molecule has 2 heterocycles. The van der Waals surface area contributed by atoms with Crippen molar-refractivity contribution in [1.82, 2.24) is 14.9 Å². The number of benzene rings is 2. The van der Waals surface area contributed by atoms with Crippen molar-refractivity contribution in [2.45, 2.75) is 30.3 Å². The van der Waals surface area contributed by atoms with E-state index in [-0.39, 0.29) is 36.3 Å². The summed E-state index contributed by atoms with van der Waals surface area (Å²) in [5.74, 6) is 0.330. The predicted molar refractivity (Wildman–Crippen MR) is 111 cm³/mol. The highest BCUT2D eigenvalue weighted by Crippen LogP contribution is 2.37. The van der Waals surface area contributed by atoms with Gasteiger partial charge in [-0.1, -0.05) is 28.1 Å². The topological polar surface area (TPSA) is 64.0 Å². The first kappa shape index (κ1) is 19.1. The molecule has 1 aromatic heterocycles. The van der Waals surface area contributed by atoms with Crippen LogP contribution in [0, 0.1) is 5.82 Å². The number of nitrogens with one attached hydrogen (secondary N) is 1. The van der Waals surface area contributed by atoms with Crippen molar-refractivity contribution in [3.05, 3.63) is 68.9 Å². The number of amides is 1. The zero-order chi connectivity index (χ0) is 19.7. The molecule has 0 aliphatic carbocycles. The zero-order valence-corrected chi connectivity index (χ0v) is 17.2. The third-order valence-corrected chi connectivity index (χ3v) is 6.38. The van der Waals surface area contributed by atoms with Crippen molar-refractivity contribution in [3.8, 4) is 0 Å². The number of aryl methyl sites for hydroxylation is 1. The van der Waals surface area contributed by atoms with Crippen LogP contribution >= 0.6 is 27.7 Å². The van der Waals surface area contributed by atoms with Crippen molar-refractivity contribution in [1.29, 1.82) is 0 Å². The number of hydrogen-bond donors (Lipinski definition) is 1. The second-order valence-corrected chi connectivity index (χ2v) is 8.59. The molecule has 1 unspecified atom stereocenters. The fourth-order valence-electron chi connectivity index (χ4n) is 3.32. The number of aromatic nitrogens is 2. The third-order valence-electron chi connectivity index (χ3n) is 4.73. The average Bonchev–Trinajstić information content (AvgIpc) is 2.69. The maximum absolute atomic E-state index is 14.0. The molecule has 3 aromatic rings. The van der Waals surface area contributed by atoms with E-state index < -0.39 is 0 Å². The molecule has 1 aliphatic rings. The lowest BCUT2D eigenvalue weighted by atomic mass is 10.0. The number of nitrogens with zero attached hydrogens (tertiary/aromatic N) is 2. The molecule has 5 nitrogen and oxygen atoms in total. The summed E-state index contributed by atoms with van der Waals surface area (Å²) in [4.78, 5) is 30.0. The van der Waals surface area contributed by atoms with Gasteiger partial charge in [0.1, 0.15) is 5.82 Å². The molecule has 1 atom stereocenters. The molecule has 0 saturated heterocycles. The van der Waals surface area contributed by atoms with E-state index in [4.69, 9.17) is 0 Å². The zero-order valence-electron chi connectivity index (χ0n) is 14.8. The first-order valence-electron chi connectivity index (χ1n) is 8.88. The third kappa shape index (κ3) is 3.84. The molecular weight excluding hydrogens is 445 g/mol. The summed E-state index contributed by atoms with van der Waals surface area (Å²) in [6.45, 7) is 0.234. The van der Waals surface area contributed by atoms with Crippen molar-refractivity contribution in [2.24, 2.45) is 0 Å². The number of hydrogen-bond acceptors (Lipinski definition) is 4. The highest BCUT2D eigenvalue weighted by Gasteiger charge is 2.24. The van der Waals surface area contributed by atoms with E-state index in [0.29, 0.717) is 15.8 Å². The lowest BCUT2D eigenvalue weighted by molar-refractivity contribution is -0.122. The SMILES string of the molecule is O=C(CCn1cnc2ccc(Br)cc2c1=O)NC1CCSc2c(F)cccc21. The van der Waals surface area contributed by atoms with Crippen LogP contribution in [-0.2, 0) is 11.3 Å². The normalized spacial score (nSPS) is 16.0. The molecule has 0 bridgehead atoms. The lowest BCUT2D eigenvalue weighted by Crippen LogP contribution is -2.32. The Labute approximate surface area is 173 Å². The first-order valence-corrected chi connectivity index (χ1v) is 10.7. The van der Waals surface area contributed by atoms with Gasteiger partial charge >= 0.3 is 0 Å². The highest BCUT2D eigenvalue weighted by molar-refractivity contribution is 9.10. The summed E-state index contributed by atoms with van der Waals surface area (Å²) >= 11 is 4.84. The van der Waals surface area contributed by atoms with E-state index in [1.54, 1.807) is 18.2 Å². The Kier molecular flexibility index (Phi) is 5.50. The molecule has 0 fully saturated rings. The summed E-state index contributed by atoms with van der Waals surface area (Å²) in [6.07, 6.45) is 2.36. The first-order chi connectivity index (χ1) is 13.5. The van der Waals surface area contributed by atoms with Crippen molar-refractivity contribution in [3.63, 3.8) is 0 Å². The van der Waals surface area contributed by atoms with Crippen LogP contribution in [0.15, 0.2) is 56.9 Å². The van der Waals surface area contributed by atoms with E-state index in [0.717, 1.165) is 22.2 Å². The summed E-state index contributed by atoms with van der Waals surface area (Å²) in [7, 11) is 0. The van der Waals surface area contributed by atoms with Gasteiger partial charge in [0.15, 0.2) is 0 Å². The van der Waals surface area contributed by atoms with Gasteiger partial charge in [0.25, 0.3) is 5.56 Å². The molecule has 8 heteroatoms. The molecule has 2 aromatic carbocycles. The highest BCUT2D eigenvalue weighted by atomic mass is 79.9. The Morgan fingerprint density at radius 1 is 1.36 bits per heavy atom. The molecule has 1 amide bonds. The maximum Gasteiger partial charge on any atom is 0.261 e. The fourth-order valence-corrected chi connectivity index (χ4v) is 4.82. The number of carbonyl (C=O) groups is 1. The molecule has 0 spiro atoms. The van der Waals surface area contributed by atoms with Gasteiger partial charge in [0, 0.05) is 28.1 Å².